The third-order valence-electron chi connectivity index (χ3n) is 9.50. The lowest BCUT2D eigenvalue weighted by Gasteiger charge is -2.22. The second-order valence-electron chi connectivity index (χ2n) is 14.0. The summed E-state index contributed by atoms with van der Waals surface area (Å²) in [5.74, 6) is 0. The Kier molecular flexibility index (Phi) is 26.5. The molecule has 2 aromatic rings. The van der Waals surface area contributed by atoms with Crippen molar-refractivity contribution in [1.29, 1.82) is 0 Å². The molecule has 0 aliphatic rings. The quantitative estimate of drug-likeness (QED) is 0.0437. The van der Waals surface area contributed by atoms with Gasteiger partial charge in [-0.15, -0.1) is 0 Å². The Morgan fingerprint density at radius 3 is 1.38 bits per heavy atom. The zero-order chi connectivity index (χ0) is 34.3. The third kappa shape index (κ3) is 21.3. The molecule has 2 unspecified atom stereocenters. The second kappa shape index (κ2) is 30.1. The zero-order valence-corrected chi connectivity index (χ0v) is 31.3. The number of unbranched alkanes of at least 4 members (excludes halogenated alkanes) is 10. The summed E-state index contributed by atoms with van der Waals surface area (Å²) in [5.41, 5.74) is 17.6. The Bertz CT molecular complexity index is 927. The molecule has 0 fully saturated rings. The van der Waals surface area contributed by atoms with Crippen molar-refractivity contribution in [1.82, 2.24) is 21.3 Å². The van der Waals surface area contributed by atoms with E-state index in [2.05, 4.69) is 83.6 Å². The van der Waals surface area contributed by atoms with Crippen molar-refractivity contribution in [3.63, 3.8) is 0 Å². The van der Waals surface area contributed by atoms with Crippen LogP contribution in [0.3, 0.4) is 0 Å². The smallest absolute Gasteiger partial charge is 0.0119 e. The highest BCUT2D eigenvalue weighted by molar-refractivity contribution is 5.65. The highest BCUT2D eigenvalue weighted by atomic mass is 14.9. The van der Waals surface area contributed by atoms with Crippen LogP contribution in [0, 0.1) is 0 Å². The molecule has 6 nitrogen and oxygen atoms in total. The van der Waals surface area contributed by atoms with Crippen molar-refractivity contribution in [2.24, 2.45) is 11.5 Å². The van der Waals surface area contributed by atoms with Gasteiger partial charge in [0.15, 0.2) is 0 Å². The molecule has 2 aromatic carbocycles. The van der Waals surface area contributed by atoms with Gasteiger partial charge in [0.1, 0.15) is 0 Å². The third-order valence-corrected chi connectivity index (χ3v) is 9.50. The molecule has 0 aliphatic heterocycles. The molecule has 0 amide bonds. The van der Waals surface area contributed by atoms with E-state index in [1.807, 2.05) is 0 Å². The predicted molar refractivity (Wildman–Crippen MR) is 212 cm³/mol. The molecule has 274 valence electrons. The summed E-state index contributed by atoms with van der Waals surface area (Å²) in [6, 6.07) is 18.8. The Morgan fingerprint density at radius 2 is 0.917 bits per heavy atom. The van der Waals surface area contributed by atoms with Gasteiger partial charge in [-0.1, -0.05) is 127 Å². The van der Waals surface area contributed by atoms with Crippen LogP contribution in [0.4, 0.5) is 0 Å². The van der Waals surface area contributed by atoms with Gasteiger partial charge >= 0.3 is 0 Å². The molecular weight excluding hydrogens is 589 g/mol. The van der Waals surface area contributed by atoms with Crippen molar-refractivity contribution in [2.75, 3.05) is 52.4 Å². The van der Waals surface area contributed by atoms with Gasteiger partial charge in [-0.3, -0.25) is 0 Å². The maximum Gasteiger partial charge on any atom is 0.0119 e. The first-order valence-corrected chi connectivity index (χ1v) is 20.2. The van der Waals surface area contributed by atoms with Gasteiger partial charge in [0.05, 0.1) is 0 Å². The molecule has 0 spiro atoms. The van der Waals surface area contributed by atoms with Crippen LogP contribution < -0.4 is 32.7 Å². The second-order valence-corrected chi connectivity index (χ2v) is 14.0. The highest BCUT2D eigenvalue weighted by Crippen LogP contribution is 2.24. The minimum absolute atomic E-state index is 0.384. The van der Waals surface area contributed by atoms with E-state index in [9.17, 15) is 0 Å². The van der Waals surface area contributed by atoms with Gasteiger partial charge in [0.2, 0.25) is 0 Å². The van der Waals surface area contributed by atoms with Crippen molar-refractivity contribution in [3.05, 3.63) is 59.7 Å². The van der Waals surface area contributed by atoms with Gasteiger partial charge in [0, 0.05) is 12.1 Å². The van der Waals surface area contributed by atoms with Crippen LogP contribution >= 0.6 is 0 Å². The van der Waals surface area contributed by atoms with Crippen LogP contribution in [0.15, 0.2) is 48.5 Å². The van der Waals surface area contributed by atoms with Crippen molar-refractivity contribution in [2.45, 2.75) is 142 Å². The van der Waals surface area contributed by atoms with E-state index < -0.39 is 0 Å². The molecule has 48 heavy (non-hydrogen) atoms. The molecule has 0 aromatic heterocycles. The van der Waals surface area contributed by atoms with Crippen molar-refractivity contribution in [3.8, 4) is 11.1 Å². The molecule has 0 saturated carbocycles. The molecule has 6 heteroatoms. The average Bonchev–Trinajstić information content (AvgIpc) is 3.10. The molecule has 0 aliphatic carbocycles. The topological polar surface area (TPSA) is 100 Å². The fourth-order valence-corrected chi connectivity index (χ4v) is 6.67. The largest absolute Gasteiger partial charge is 0.330 e. The molecule has 8 N–H and O–H groups in total. The lowest BCUT2D eigenvalue weighted by atomic mass is 9.92. The number of hydrogen-bond donors (Lipinski definition) is 6. The summed E-state index contributed by atoms with van der Waals surface area (Å²) in [7, 11) is 0. The minimum atomic E-state index is 0.384. The number of nitrogens with two attached hydrogens (primary N) is 2. The molecular formula is C42H76N6. The first kappa shape index (κ1) is 42.4. The Morgan fingerprint density at radius 1 is 0.479 bits per heavy atom. The van der Waals surface area contributed by atoms with Crippen molar-refractivity contribution >= 4 is 0 Å². The zero-order valence-electron chi connectivity index (χ0n) is 31.3. The Labute approximate surface area is 296 Å². The number of hydrogen-bond acceptors (Lipinski definition) is 6. The van der Waals surface area contributed by atoms with Crippen LogP contribution in [-0.4, -0.2) is 64.4 Å². The summed E-state index contributed by atoms with van der Waals surface area (Å²) >= 11 is 0. The Balaban J connectivity index is 1.88. The van der Waals surface area contributed by atoms with Crippen molar-refractivity contribution < 1.29 is 0 Å². The lowest BCUT2D eigenvalue weighted by molar-refractivity contribution is 0.465. The van der Waals surface area contributed by atoms with Gasteiger partial charge in [0.25, 0.3) is 0 Å². The van der Waals surface area contributed by atoms with Crippen LogP contribution in [0.25, 0.3) is 11.1 Å². The van der Waals surface area contributed by atoms with E-state index in [-0.39, 0.29) is 0 Å². The molecule has 0 bridgehead atoms. The van der Waals surface area contributed by atoms with E-state index >= 15 is 0 Å². The van der Waals surface area contributed by atoms with E-state index in [0.717, 1.165) is 77.8 Å². The van der Waals surface area contributed by atoms with E-state index in [1.165, 1.54) is 99.3 Å². The molecule has 0 radical (unpaired) electrons. The van der Waals surface area contributed by atoms with Crippen LogP contribution in [-0.2, 0) is 12.8 Å². The fraction of sp³-hybridized carbons (Fsp3) is 0.714. The summed E-state index contributed by atoms with van der Waals surface area (Å²) in [6.45, 7) is 12.5. The lowest BCUT2D eigenvalue weighted by Crippen LogP contribution is -2.36. The number of benzene rings is 2. The van der Waals surface area contributed by atoms with Crippen LogP contribution in [0.2, 0.25) is 0 Å². The van der Waals surface area contributed by atoms with E-state index in [4.69, 9.17) is 11.5 Å². The number of rotatable bonds is 33. The normalized spacial score (nSPS) is 12.8. The minimum Gasteiger partial charge on any atom is -0.330 e. The summed E-state index contributed by atoms with van der Waals surface area (Å²) in [6.07, 6.45) is 22.5. The number of nitrogens with one attached hydrogen (secondary N) is 4. The Hall–Kier alpha value is -1.80. The van der Waals surface area contributed by atoms with E-state index in [0.29, 0.717) is 25.2 Å². The molecule has 2 rings (SSSR count). The monoisotopic (exact) mass is 665 g/mol. The predicted octanol–water partition coefficient (Wildman–Crippen LogP) is 7.73. The SMILES string of the molecule is CCCCCCCCNCCCNC(CCN)Cc1cc(CC(CCN)NCCCNCCCCCCCC)cc(-c2ccccc2)c1. The van der Waals surface area contributed by atoms with Gasteiger partial charge in [-0.25, -0.2) is 0 Å². The standard InChI is InChI=1S/C42H76N6/c1-3-5-7-9-11-16-26-45-28-18-30-47-41(22-24-43)35-37-32-38(34-40(33-37)39-20-14-13-15-21-39)36-42(23-25-44)48-31-19-29-46-27-17-12-10-8-6-4-2/h13-15,20-21,32-34,41-42,45-48H,3-12,16-19,22-31,35-36,43-44H2,1-2H3. The summed E-state index contributed by atoms with van der Waals surface area (Å²) < 4.78 is 0. The fourth-order valence-electron chi connectivity index (χ4n) is 6.67. The first-order valence-electron chi connectivity index (χ1n) is 20.2. The summed E-state index contributed by atoms with van der Waals surface area (Å²) in [4.78, 5) is 0. The maximum absolute atomic E-state index is 6.10. The molecule has 0 heterocycles. The van der Waals surface area contributed by atoms with E-state index in [1.54, 1.807) is 0 Å². The van der Waals surface area contributed by atoms with Gasteiger partial charge < -0.3 is 32.7 Å². The van der Waals surface area contributed by atoms with Crippen LogP contribution in [0.5, 0.6) is 0 Å². The molecule has 0 saturated heterocycles. The van der Waals surface area contributed by atoms with Gasteiger partial charge in [-0.2, -0.15) is 0 Å². The highest BCUT2D eigenvalue weighted by Gasteiger charge is 2.14. The van der Waals surface area contributed by atoms with Crippen LogP contribution in [0.1, 0.15) is 128 Å². The maximum atomic E-state index is 6.10. The van der Waals surface area contributed by atoms with Gasteiger partial charge in [-0.05, 0) is 126 Å². The average molecular weight is 665 g/mol. The molecule has 2 atom stereocenters. The summed E-state index contributed by atoms with van der Waals surface area (Å²) in [5, 5.41) is 15.0. The first-order chi connectivity index (χ1) is 23.7.